The number of hydrogen-bond acceptors (Lipinski definition) is 5. The lowest BCUT2D eigenvalue weighted by atomic mass is 10.2. The SMILES string of the molecule is CN(Cc1occc1C(=O)NN)C1CCSC1. The lowest BCUT2D eigenvalue weighted by Gasteiger charge is -2.22. The number of rotatable bonds is 4. The number of carbonyl (C=O) groups is 1. The third kappa shape index (κ3) is 2.83. The standard InChI is InChI=1S/C11H17N3O2S/c1-14(8-3-5-17-7-8)6-10-9(2-4-16-10)11(15)13-12/h2,4,8H,3,5-7,12H2,1H3,(H,13,15). The molecule has 17 heavy (non-hydrogen) atoms. The Bertz CT molecular complexity index is 388. The van der Waals surface area contributed by atoms with Crippen LogP contribution < -0.4 is 11.3 Å². The lowest BCUT2D eigenvalue weighted by Crippen LogP contribution is -2.33. The van der Waals surface area contributed by atoms with Crippen molar-refractivity contribution in [3.05, 3.63) is 23.7 Å². The first kappa shape index (κ1) is 12.5. The number of nitrogens with one attached hydrogen (secondary N) is 1. The first-order valence-corrected chi connectivity index (χ1v) is 6.73. The number of nitrogens with zero attached hydrogens (tertiary/aromatic N) is 1. The van der Waals surface area contributed by atoms with Crippen LogP contribution >= 0.6 is 11.8 Å². The monoisotopic (exact) mass is 255 g/mol. The van der Waals surface area contributed by atoms with Gasteiger partial charge in [0.2, 0.25) is 0 Å². The summed E-state index contributed by atoms with van der Waals surface area (Å²) >= 11 is 1.97. The van der Waals surface area contributed by atoms with E-state index in [1.807, 2.05) is 11.8 Å². The fourth-order valence-electron chi connectivity index (χ4n) is 1.97. The summed E-state index contributed by atoms with van der Waals surface area (Å²) in [4.78, 5) is 13.7. The smallest absolute Gasteiger partial charge is 0.268 e. The third-order valence-electron chi connectivity index (χ3n) is 3.04. The summed E-state index contributed by atoms with van der Waals surface area (Å²) in [5.41, 5.74) is 2.65. The van der Waals surface area contributed by atoms with E-state index in [-0.39, 0.29) is 5.91 Å². The molecule has 0 bridgehead atoms. The number of nitrogen functional groups attached to an aromatic ring is 1. The summed E-state index contributed by atoms with van der Waals surface area (Å²) in [6.07, 6.45) is 2.72. The van der Waals surface area contributed by atoms with Gasteiger partial charge in [-0.05, 0) is 25.3 Å². The van der Waals surface area contributed by atoms with Gasteiger partial charge in [0.25, 0.3) is 5.91 Å². The van der Waals surface area contributed by atoms with Gasteiger partial charge in [0.05, 0.1) is 18.4 Å². The molecule has 2 heterocycles. The van der Waals surface area contributed by atoms with Gasteiger partial charge < -0.3 is 4.42 Å². The van der Waals surface area contributed by atoms with E-state index < -0.39 is 0 Å². The van der Waals surface area contributed by atoms with Gasteiger partial charge in [-0.15, -0.1) is 0 Å². The maximum atomic E-state index is 11.5. The van der Waals surface area contributed by atoms with Crippen LogP contribution in [0.1, 0.15) is 22.5 Å². The van der Waals surface area contributed by atoms with Crippen LogP contribution in [0.2, 0.25) is 0 Å². The topological polar surface area (TPSA) is 71.5 Å². The Morgan fingerprint density at radius 2 is 2.59 bits per heavy atom. The average molecular weight is 255 g/mol. The number of hydrogen-bond donors (Lipinski definition) is 2. The van der Waals surface area contributed by atoms with E-state index in [0.717, 1.165) is 5.75 Å². The fourth-order valence-corrected chi connectivity index (χ4v) is 3.27. The van der Waals surface area contributed by atoms with Crippen LogP contribution in [-0.2, 0) is 6.54 Å². The Hall–Kier alpha value is -0.980. The van der Waals surface area contributed by atoms with Crippen molar-refractivity contribution in [1.29, 1.82) is 0 Å². The minimum atomic E-state index is -0.303. The number of thioether (sulfide) groups is 1. The molecular formula is C11H17N3O2S. The first-order valence-electron chi connectivity index (χ1n) is 5.57. The van der Waals surface area contributed by atoms with E-state index in [1.165, 1.54) is 18.4 Å². The molecule has 6 heteroatoms. The molecule has 1 atom stereocenters. The number of carbonyl (C=O) groups excluding carboxylic acids is 1. The predicted molar refractivity (Wildman–Crippen MR) is 67.6 cm³/mol. The molecule has 1 aliphatic heterocycles. The van der Waals surface area contributed by atoms with E-state index in [9.17, 15) is 4.79 Å². The molecule has 1 saturated heterocycles. The van der Waals surface area contributed by atoms with E-state index in [0.29, 0.717) is 23.9 Å². The zero-order valence-corrected chi connectivity index (χ0v) is 10.6. The minimum Gasteiger partial charge on any atom is -0.467 e. The normalized spacial score (nSPS) is 19.8. The molecule has 5 nitrogen and oxygen atoms in total. The number of amides is 1. The van der Waals surface area contributed by atoms with Gasteiger partial charge in [-0.25, -0.2) is 5.84 Å². The minimum absolute atomic E-state index is 0.303. The Labute approximate surface area is 105 Å². The van der Waals surface area contributed by atoms with Crippen LogP contribution in [0.5, 0.6) is 0 Å². The Balaban J connectivity index is 2.02. The zero-order chi connectivity index (χ0) is 12.3. The second-order valence-corrected chi connectivity index (χ2v) is 5.31. The molecule has 94 valence electrons. The van der Waals surface area contributed by atoms with Crippen LogP contribution in [0.25, 0.3) is 0 Å². The zero-order valence-electron chi connectivity index (χ0n) is 9.81. The lowest BCUT2D eigenvalue weighted by molar-refractivity contribution is 0.0949. The van der Waals surface area contributed by atoms with E-state index in [1.54, 1.807) is 6.07 Å². The summed E-state index contributed by atoms with van der Waals surface area (Å²) in [5.74, 6) is 7.86. The Kier molecular flexibility index (Phi) is 4.09. The fraction of sp³-hybridized carbons (Fsp3) is 0.545. The molecule has 0 radical (unpaired) electrons. The summed E-state index contributed by atoms with van der Waals surface area (Å²) in [6.45, 7) is 0.640. The highest BCUT2D eigenvalue weighted by Crippen LogP contribution is 2.23. The van der Waals surface area contributed by atoms with Crippen molar-refractivity contribution in [3.8, 4) is 0 Å². The highest BCUT2D eigenvalue weighted by atomic mass is 32.2. The van der Waals surface area contributed by atoms with Crippen LogP contribution in [0.3, 0.4) is 0 Å². The van der Waals surface area contributed by atoms with Gasteiger partial charge in [-0.3, -0.25) is 15.1 Å². The largest absolute Gasteiger partial charge is 0.467 e. The number of furan rings is 1. The van der Waals surface area contributed by atoms with Crippen molar-refractivity contribution in [2.45, 2.75) is 19.0 Å². The molecular weight excluding hydrogens is 238 g/mol. The van der Waals surface area contributed by atoms with Crippen molar-refractivity contribution >= 4 is 17.7 Å². The molecule has 1 aliphatic rings. The molecule has 0 spiro atoms. The second kappa shape index (κ2) is 5.57. The van der Waals surface area contributed by atoms with E-state index in [4.69, 9.17) is 10.3 Å². The van der Waals surface area contributed by atoms with Gasteiger partial charge in [0.1, 0.15) is 5.76 Å². The molecule has 0 aliphatic carbocycles. The van der Waals surface area contributed by atoms with Gasteiger partial charge in [0.15, 0.2) is 0 Å². The highest BCUT2D eigenvalue weighted by molar-refractivity contribution is 7.99. The maximum absolute atomic E-state index is 11.5. The van der Waals surface area contributed by atoms with Crippen LogP contribution in [0.15, 0.2) is 16.7 Å². The highest BCUT2D eigenvalue weighted by Gasteiger charge is 2.22. The third-order valence-corrected chi connectivity index (χ3v) is 4.19. The Morgan fingerprint density at radius 1 is 1.76 bits per heavy atom. The summed E-state index contributed by atoms with van der Waals surface area (Å²) in [5, 5.41) is 0. The van der Waals surface area contributed by atoms with Crippen LogP contribution in [-0.4, -0.2) is 35.4 Å². The van der Waals surface area contributed by atoms with Gasteiger partial charge in [-0.2, -0.15) is 11.8 Å². The van der Waals surface area contributed by atoms with Crippen molar-refractivity contribution in [3.63, 3.8) is 0 Å². The first-order chi connectivity index (χ1) is 8.22. The Morgan fingerprint density at radius 3 is 3.24 bits per heavy atom. The van der Waals surface area contributed by atoms with Crippen molar-refractivity contribution < 1.29 is 9.21 Å². The number of hydrazine groups is 1. The number of nitrogens with two attached hydrogens (primary N) is 1. The van der Waals surface area contributed by atoms with Crippen molar-refractivity contribution in [2.24, 2.45) is 5.84 Å². The molecule has 0 aromatic carbocycles. The van der Waals surface area contributed by atoms with Crippen LogP contribution in [0.4, 0.5) is 0 Å². The average Bonchev–Trinajstić information content (AvgIpc) is 2.98. The van der Waals surface area contributed by atoms with Crippen LogP contribution in [0, 0.1) is 0 Å². The van der Waals surface area contributed by atoms with E-state index in [2.05, 4.69) is 17.4 Å². The molecule has 1 amide bonds. The van der Waals surface area contributed by atoms with Gasteiger partial charge >= 0.3 is 0 Å². The maximum Gasteiger partial charge on any atom is 0.268 e. The van der Waals surface area contributed by atoms with Crippen molar-refractivity contribution in [1.82, 2.24) is 10.3 Å². The van der Waals surface area contributed by atoms with Gasteiger partial charge in [0, 0.05) is 11.8 Å². The second-order valence-electron chi connectivity index (χ2n) is 4.16. The molecule has 0 saturated carbocycles. The molecule has 1 aromatic heterocycles. The molecule has 3 N–H and O–H groups in total. The van der Waals surface area contributed by atoms with Gasteiger partial charge in [-0.1, -0.05) is 0 Å². The summed E-state index contributed by atoms with van der Waals surface area (Å²) in [7, 11) is 2.06. The molecule has 1 unspecified atom stereocenters. The predicted octanol–water partition coefficient (Wildman–Crippen LogP) is 0.820. The van der Waals surface area contributed by atoms with E-state index >= 15 is 0 Å². The summed E-state index contributed by atoms with van der Waals surface area (Å²) < 4.78 is 5.35. The quantitative estimate of drug-likeness (QED) is 0.473. The molecule has 1 fully saturated rings. The molecule has 1 aromatic rings. The molecule has 2 rings (SSSR count). The van der Waals surface area contributed by atoms with Crippen molar-refractivity contribution in [2.75, 3.05) is 18.6 Å². The summed E-state index contributed by atoms with van der Waals surface area (Å²) in [6, 6.07) is 2.22.